The maximum absolute atomic E-state index is 12.7. The summed E-state index contributed by atoms with van der Waals surface area (Å²) in [4.78, 5) is 23.2. The molecular weight excluding hydrogens is 344 g/mol. The highest BCUT2D eigenvalue weighted by Gasteiger charge is 2.31. The molecule has 4 rings (SSSR count). The van der Waals surface area contributed by atoms with E-state index in [1.54, 1.807) is 12.4 Å². The summed E-state index contributed by atoms with van der Waals surface area (Å²) in [6, 6.07) is 3.65. The van der Waals surface area contributed by atoms with Crippen LogP contribution in [0.2, 0.25) is 0 Å². The molecule has 0 bridgehead atoms. The first-order valence-corrected chi connectivity index (χ1v) is 9.93. The van der Waals surface area contributed by atoms with Gasteiger partial charge in [-0.1, -0.05) is 24.4 Å². The molecule has 0 unspecified atom stereocenters. The second kappa shape index (κ2) is 8.50. The van der Waals surface area contributed by atoms with Crippen LogP contribution in [0.1, 0.15) is 62.6 Å². The molecule has 1 aliphatic heterocycles. The van der Waals surface area contributed by atoms with Gasteiger partial charge in [0.2, 0.25) is 5.91 Å². The molecule has 2 aliphatic rings. The molecule has 0 atom stereocenters. The number of ether oxygens (including phenoxy) is 1. The van der Waals surface area contributed by atoms with Gasteiger partial charge in [-0.2, -0.15) is 4.98 Å². The molecule has 1 saturated carbocycles. The third-order valence-corrected chi connectivity index (χ3v) is 5.61. The van der Waals surface area contributed by atoms with Gasteiger partial charge in [-0.25, -0.2) is 0 Å². The van der Waals surface area contributed by atoms with Crippen molar-refractivity contribution in [3.8, 4) is 5.75 Å². The number of nitrogens with zero attached hydrogens (tertiary/aromatic N) is 4. The lowest BCUT2D eigenvalue weighted by molar-refractivity contribution is -0.137. The van der Waals surface area contributed by atoms with E-state index >= 15 is 0 Å². The lowest BCUT2D eigenvalue weighted by Gasteiger charge is -2.34. The van der Waals surface area contributed by atoms with E-state index in [0.29, 0.717) is 17.5 Å². The van der Waals surface area contributed by atoms with Crippen LogP contribution in [-0.2, 0) is 11.4 Å². The Kier molecular flexibility index (Phi) is 5.65. The van der Waals surface area contributed by atoms with E-state index in [-0.39, 0.29) is 18.4 Å². The van der Waals surface area contributed by atoms with Crippen molar-refractivity contribution in [3.63, 3.8) is 0 Å². The van der Waals surface area contributed by atoms with Gasteiger partial charge in [0.05, 0.1) is 6.20 Å². The number of rotatable bonds is 5. The van der Waals surface area contributed by atoms with Gasteiger partial charge in [-0.3, -0.25) is 9.78 Å². The fourth-order valence-corrected chi connectivity index (χ4v) is 4.04. The smallest absolute Gasteiger partial charge is 0.264 e. The van der Waals surface area contributed by atoms with Gasteiger partial charge in [-0.05, 0) is 37.8 Å². The van der Waals surface area contributed by atoms with E-state index in [9.17, 15) is 4.79 Å². The van der Waals surface area contributed by atoms with E-state index in [1.165, 1.54) is 19.3 Å². The lowest BCUT2D eigenvalue weighted by Crippen LogP contribution is -2.42. The summed E-state index contributed by atoms with van der Waals surface area (Å²) in [5, 5.41) is 4.13. The number of pyridine rings is 1. The number of piperidine rings is 1. The Labute approximate surface area is 159 Å². The van der Waals surface area contributed by atoms with Crippen LogP contribution in [0.25, 0.3) is 0 Å². The molecule has 2 aromatic heterocycles. The highest BCUT2D eigenvalue weighted by atomic mass is 16.5. The van der Waals surface area contributed by atoms with Crippen molar-refractivity contribution in [1.29, 1.82) is 0 Å². The molecule has 0 N–H and O–H groups in total. The first kappa shape index (κ1) is 17.9. The molecule has 0 aromatic carbocycles. The van der Waals surface area contributed by atoms with Crippen LogP contribution < -0.4 is 4.74 Å². The van der Waals surface area contributed by atoms with Gasteiger partial charge >= 0.3 is 0 Å². The molecule has 1 aliphatic carbocycles. The van der Waals surface area contributed by atoms with Crippen LogP contribution in [0.5, 0.6) is 5.75 Å². The second-order valence-electron chi connectivity index (χ2n) is 7.46. The summed E-state index contributed by atoms with van der Waals surface area (Å²) in [5.41, 5.74) is 0. The Morgan fingerprint density at radius 1 is 1.19 bits per heavy atom. The fraction of sp³-hybridized carbons (Fsp3) is 0.600. The molecule has 1 saturated heterocycles. The predicted molar refractivity (Wildman–Crippen MR) is 98.0 cm³/mol. The van der Waals surface area contributed by atoms with E-state index < -0.39 is 0 Å². The van der Waals surface area contributed by atoms with E-state index in [4.69, 9.17) is 9.26 Å². The third kappa shape index (κ3) is 4.46. The summed E-state index contributed by atoms with van der Waals surface area (Å²) >= 11 is 0. The van der Waals surface area contributed by atoms with Crippen molar-refractivity contribution < 1.29 is 14.1 Å². The molecular formula is C20H26N4O3. The SMILES string of the molecule is O=C(C1CCCCC1)N1CCC(c2noc(COc3cccnc3)n2)CC1. The molecule has 1 amide bonds. The Hall–Kier alpha value is -2.44. The van der Waals surface area contributed by atoms with Gasteiger partial charge in [-0.15, -0.1) is 0 Å². The van der Waals surface area contributed by atoms with Crippen molar-refractivity contribution in [1.82, 2.24) is 20.0 Å². The Morgan fingerprint density at radius 2 is 2.00 bits per heavy atom. The zero-order valence-electron chi connectivity index (χ0n) is 15.5. The van der Waals surface area contributed by atoms with Gasteiger partial charge in [0.1, 0.15) is 5.75 Å². The summed E-state index contributed by atoms with van der Waals surface area (Å²) in [6.45, 7) is 1.81. The molecule has 0 spiro atoms. The summed E-state index contributed by atoms with van der Waals surface area (Å²) in [5.74, 6) is 2.71. The highest BCUT2D eigenvalue weighted by Crippen LogP contribution is 2.30. The maximum atomic E-state index is 12.7. The number of aromatic nitrogens is 3. The Morgan fingerprint density at radius 3 is 2.74 bits per heavy atom. The van der Waals surface area contributed by atoms with Crippen LogP contribution in [0.15, 0.2) is 29.0 Å². The molecule has 7 nitrogen and oxygen atoms in total. The second-order valence-corrected chi connectivity index (χ2v) is 7.46. The minimum absolute atomic E-state index is 0.234. The average molecular weight is 370 g/mol. The topological polar surface area (TPSA) is 81.4 Å². The zero-order chi connectivity index (χ0) is 18.5. The van der Waals surface area contributed by atoms with Crippen LogP contribution in [0.3, 0.4) is 0 Å². The molecule has 7 heteroatoms. The van der Waals surface area contributed by atoms with Crippen LogP contribution in [0.4, 0.5) is 0 Å². The van der Waals surface area contributed by atoms with Gasteiger partial charge < -0.3 is 14.2 Å². The molecule has 2 aromatic rings. The standard InChI is InChI=1S/C20H26N4O3/c25-20(16-5-2-1-3-6-16)24-11-8-15(9-12-24)19-22-18(27-23-19)14-26-17-7-4-10-21-13-17/h4,7,10,13,15-16H,1-3,5-6,8-9,11-12,14H2. The number of carbonyl (C=O) groups excluding carboxylic acids is 1. The van der Waals surface area contributed by atoms with Gasteiger partial charge in [0.15, 0.2) is 12.4 Å². The highest BCUT2D eigenvalue weighted by molar-refractivity contribution is 5.79. The quantitative estimate of drug-likeness (QED) is 0.803. The van der Waals surface area contributed by atoms with Crippen molar-refractivity contribution in [2.24, 2.45) is 5.92 Å². The van der Waals surface area contributed by atoms with Crippen molar-refractivity contribution in [2.75, 3.05) is 13.1 Å². The minimum atomic E-state index is 0.234. The number of likely N-dealkylation sites (tertiary alicyclic amines) is 1. The summed E-state index contributed by atoms with van der Waals surface area (Å²) in [7, 11) is 0. The van der Waals surface area contributed by atoms with E-state index in [1.807, 2.05) is 17.0 Å². The molecule has 3 heterocycles. The molecule has 2 fully saturated rings. The molecule has 144 valence electrons. The normalized spacial score (nSPS) is 19.2. The zero-order valence-corrected chi connectivity index (χ0v) is 15.5. The van der Waals surface area contributed by atoms with Crippen molar-refractivity contribution in [3.05, 3.63) is 36.2 Å². The first-order chi connectivity index (χ1) is 13.3. The van der Waals surface area contributed by atoms with Crippen molar-refractivity contribution >= 4 is 5.91 Å². The fourth-order valence-electron chi connectivity index (χ4n) is 4.04. The number of carbonyl (C=O) groups is 1. The van der Waals surface area contributed by atoms with E-state index in [0.717, 1.165) is 44.6 Å². The predicted octanol–water partition coefficient (Wildman–Crippen LogP) is 3.33. The maximum Gasteiger partial charge on any atom is 0.264 e. The monoisotopic (exact) mass is 370 g/mol. The third-order valence-electron chi connectivity index (χ3n) is 5.61. The minimum Gasteiger partial charge on any atom is -0.482 e. The van der Waals surface area contributed by atoms with Gasteiger partial charge in [0, 0.05) is 31.1 Å². The summed E-state index contributed by atoms with van der Waals surface area (Å²) < 4.78 is 10.9. The largest absolute Gasteiger partial charge is 0.482 e. The van der Waals surface area contributed by atoms with Crippen LogP contribution in [-0.4, -0.2) is 39.0 Å². The number of hydrogen-bond donors (Lipinski definition) is 0. The van der Waals surface area contributed by atoms with Crippen molar-refractivity contribution in [2.45, 2.75) is 57.5 Å². The number of amides is 1. The van der Waals surface area contributed by atoms with Crippen LogP contribution in [0, 0.1) is 5.92 Å². The first-order valence-electron chi connectivity index (χ1n) is 9.93. The van der Waals surface area contributed by atoms with E-state index in [2.05, 4.69) is 15.1 Å². The Bertz CT molecular complexity index is 735. The molecule has 0 radical (unpaired) electrons. The number of hydrogen-bond acceptors (Lipinski definition) is 6. The Balaban J connectivity index is 1.27. The molecule has 27 heavy (non-hydrogen) atoms. The summed E-state index contributed by atoms with van der Waals surface area (Å²) in [6.07, 6.45) is 10.9. The van der Waals surface area contributed by atoms with Crippen LogP contribution >= 0.6 is 0 Å². The lowest BCUT2D eigenvalue weighted by atomic mass is 9.87. The van der Waals surface area contributed by atoms with Gasteiger partial charge in [0.25, 0.3) is 5.89 Å². The average Bonchev–Trinajstić information content (AvgIpc) is 3.22.